The largest absolute Gasteiger partial charge is 0.368 e. The maximum atomic E-state index is 13.2. The lowest BCUT2D eigenvalue weighted by Crippen LogP contribution is -2.47. The minimum Gasteiger partial charge on any atom is -0.368 e. The molecule has 1 aromatic heterocycles. The third-order valence-electron chi connectivity index (χ3n) is 5.16. The van der Waals surface area contributed by atoms with E-state index in [4.69, 9.17) is 0 Å². The van der Waals surface area contributed by atoms with E-state index in [0.29, 0.717) is 11.6 Å². The predicted molar refractivity (Wildman–Crippen MR) is 122 cm³/mol. The maximum Gasteiger partial charge on any atom is 0.230 e. The molecule has 6 nitrogen and oxygen atoms in total. The van der Waals surface area contributed by atoms with E-state index < -0.39 is 0 Å². The Balaban J connectivity index is 1.30. The summed E-state index contributed by atoms with van der Waals surface area (Å²) in [4.78, 5) is 25.6. The number of carbonyl (C=O) groups excluding carboxylic acids is 1. The Morgan fingerprint density at radius 2 is 1.47 bits per heavy atom. The van der Waals surface area contributed by atoms with Gasteiger partial charge < -0.3 is 15.1 Å². The average molecular weight is 456 g/mol. The second kappa shape index (κ2) is 10.4. The lowest BCUT2D eigenvalue weighted by Gasteiger charge is -2.37. The summed E-state index contributed by atoms with van der Waals surface area (Å²) in [7, 11) is 0. The summed E-state index contributed by atoms with van der Waals surface area (Å²) in [5, 5.41) is 3.55. The van der Waals surface area contributed by atoms with Gasteiger partial charge in [0.15, 0.2) is 5.82 Å². The van der Waals surface area contributed by atoms with Crippen LogP contribution >= 0.6 is 11.8 Å². The van der Waals surface area contributed by atoms with E-state index in [2.05, 4.69) is 25.1 Å². The van der Waals surface area contributed by atoms with Gasteiger partial charge in [-0.05, 0) is 42.0 Å². The first kappa shape index (κ1) is 22.0. The van der Waals surface area contributed by atoms with Gasteiger partial charge in [0, 0.05) is 50.8 Å². The quantitative estimate of drug-likeness (QED) is 0.551. The van der Waals surface area contributed by atoms with Crippen LogP contribution in [0.3, 0.4) is 0 Å². The van der Waals surface area contributed by atoms with Gasteiger partial charge in [-0.15, -0.1) is 0 Å². The number of carbonyl (C=O) groups is 1. The van der Waals surface area contributed by atoms with Crippen LogP contribution in [0.25, 0.3) is 0 Å². The van der Waals surface area contributed by atoms with Crippen molar-refractivity contribution in [2.24, 2.45) is 0 Å². The molecule has 3 aromatic rings. The van der Waals surface area contributed by atoms with Crippen molar-refractivity contribution in [1.82, 2.24) is 15.3 Å². The van der Waals surface area contributed by atoms with Gasteiger partial charge in [0.25, 0.3) is 0 Å². The fourth-order valence-corrected chi connectivity index (χ4v) is 4.27. The fraction of sp³-hybridized carbons (Fsp3) is 0.261. The van der Waals surface area contributed by atoms with E-state index >= 15 is 0 Å². The molecule has 4 rings (SSSR count). The highest BCUT2D eigenvalue weighted by atomic mass is 32.2. The lowest BCUT2D eigenvalue weighted by atomic mass is 10.2. The van der Waals surface area contributed by atoms with Crippen molar-refractivity contribution >= 4 is 29.2 Å². The highest BCUT2D eigenvalue weighted by Gasteiger charge is 2.21. The molecule has 0 spiro atoms. The van der Waals surface area contributed by atoms with E-state index in [1.54, 1.807) is 36.7 Å². The zero-order valence-electron chi connectivity index (χ0n) is 17.4. The highest BCUT2D eigenvalue weighted by molar-refractivity contribution is 8.00. The molecule has 1 aliphatic heterocycles. The number of aromatic nitrogens is 2. The molecule has 2 aromatic carbocycles. The lowest BCUT2D eigenvalue weighted by molar-refractivity contribution is -0.118. The van der Waals surface area contributed by atoms with Gasteiger partial charge in [-0.25, -0.2) is 18.7 Å². The van der Waals surface area contributed by atoms with Crippen molar-refractivity contribution in [3.05, 3.63) is 78.1 Å². The first-order valence-electron chi connectivity index (χ1n) is 10.3. The predicted octanol–water partition coefficient (Wildman–Crippen LogP) is 3.49. The van der Waals surface area contributed by atoms with Crippen LogP contribution < -0.4 is 15.1 Å². The van der Waals surface area contributed by atoms with Gasteiger partial charge in [0.05, 0.1) is 5.75 Å². The number of amides is 1. The topological polar surface area (TPSA) is 61.4 Å². The maximum absolute atomic E-state index is 13.2. The van der Waals surface area contributed by atoms with Crippen molar-refractivity contribution in [2.45, 2.75) is 11.6 Å². The summed E-state index contributed by atoms with van der Waals surface area (Å²) in [6, 6.07) is 12.6. The number of hydrogen-bond acceptors (Lipinski definition) is 6. The van der Waals surface area contributed by atoms with Gasteiger partial charge in [0.1, 0.15) is 16.7 Å². The van der Waals surface area contributed by atoms with Gasteiger partial charge in [0.2, 0.25) is 5.91 Å². The second-order valence-corrected chi connectivity index (χ2v) is 8.29. The minimum absolute atomic E-state index is 0.128. The number of halogens is 2. The van der Waals surface area contributed by atoms with E-state index in [1.165, 1.54) is 36.0 Å². The summed E-state index contributed by atoms with van der Waals surface area (Å²) in [5.41, 5.74) is 1.83. The van der Waals surface area contributed by atoms with Gasteiger partial charge in [-0.2, -0.15) is 0 Å². The Kier molecular flexibility index (Phi) is 7.16. The summed E-state index contributed by atoms with van der Waals surface area (Å²) in [5.74, 6) is 0.307. The van der Waals surface area contributed by atoms with Crippen molar-refractivity contribution in [2.75, 3.05) is 41.7 Å². The fourth-order valence-electron chi connectivity index (χ4n) is 3.45. The first-order chi connectivity index (χ1) is 15.6. The van der Waals surface area contributed by atoms with Crippen LogP contribution in [-0.4, -0.2) is 47.8 Å². The summed E-state index contributed by atoms with van der Waals surface area (Å²) < 4.78 is 26.2. The molecule has 0 saturated carbocycles. The van der Waals surface area contributed by atoms with Crippen LogP contribution in [0, 0.1) is 11.6 Å². The van der Waals surface area contributed by atoms with Crippen molar-refractivity contribution in [1.29, 1.82) is 0 Å². The molecule has 166 valence electrons. The van der Waals surface area contributed by atoms with Crippen molar-refractivity contribution < 1.29 is 13.6 Å². The smallest absolute Gasteiger partial charge is 0.230 e. The van der Waals surface area contributed by atoms with Crippen LogP contribution in [0.15, 0.2) is 66.0 Å². The number of piperazine rings is 1. The number of nitrogens with one attached hydrogen (secondary N) is 1. The molecular weight excluding hydrogens is 432 g/mol. The SMILES string of the molecule is O=C(CSc1nccnc1N1CCN(c2ccc(F)cc2)CC1)NCc1ccc(F)cc1. The van der Waals surface area contributed by atoms with Gasteiger partial charge in [-0.3, -0.25) is 4.79 Å². The number of nitrogens with zero attached hydrogens (tertiary/aromatic N) is 4. The Morgan fingerprint density at radius 1 is 0.875 bits per heavy atom. The van der Waals surface area contributed by atoms with Crippen LogP contribution in [0.5, 0.6) is 0 Å². The zero-order chi connectivity index (χ0) is 22.3. The molecule has 1 fully saturated rings. The summed E-state index contributed by atoms with van der Waals surface area (Å²) in [6.45, 7) is 3.41. The molecule has 0 atom stereocenters. The molecule has 0 radical (unpaired) electrons. The van der Waals surface area contributed by atoms with Crippen molar-refractivity contribution in [3.8, 4) is 0 Å². The van der Waals surface area contributed by atoms with E-state index in [-0.39, 0.29) is 23.3 Å². The normalized spacial score (nSPS) is 13.8. The standard InChI is InChI=1S/C23H23F2N5OS/c24-18-3-1-17(2-4-18)15-28-21(31)16-32-23-22(26-9-10-27-23)30-13-11-29(12-14-30)20-7-5-19(25)6-8-20/h1-10H,11-16H2,(H,28,31). The van der Waals surface area contributed by atoms with Crippen LogP contribution in [-0.2, 0) is 11.3 Å². The van der Waals surface area contributed by atoms with Crippen LogP contribution in [0.2, 0.25) is 0 Å². The highest BCUT2D eigenvalue weighted by Crippen LogP contribution is 2.27. The average Bonchev–Trinajstić information content (AvgIpc) is 2.83. The number of anilines is 2. The third kappa shape index (κ3) is 5.73. The Bertz CT molecular complexity index is 1040. The molecule has 0 bridgehead atoms. The monoisotopic (exact) mass is 455 g/mol. The molecule has 32 heavy (non-hydrogen) atoms. The number of thioether (sulfide) groups is 1. The molecule has 1 aliphatic rings. The molecule has 0 unspecified atom stereocenters. The van der Waals surface area contributed by atoms with Crippen LogP contribution in [0.4, 0.5) is 20.3 Å². The summed E-state index contributed by atoms with van der Waals surface area (Å²) in [6.07, 6.45) is 3.28. The molecule has 1 amide bonds. The van der Waals surface area contributed by atoms with Gasteiger partial charge in [-0.1, -0.05) is 23.9 Å². The number of hydrogen-bond donors (Lipinski definition) is 1. The number of rotatable bonds is 7. The van der Waals surface area contributed by atoms with Gasteiger partial charge >= 0.3 is 0 Å². The molecule has 9 heteroatoms. The molecule has 1 N–H and O–H groups in total. The Morgan fingerprint density at radius 3 is 2.16 bits per heavy atom. The third-order valence-corrected chi connectivity index (χ3v) is 6.13. The van der Waals surface area contributed by atoms with E-state index in [0.717, 1.165) is 43.2 Å². The molecule has 2 heterocycles. The summed E-state index contributed by atoms with van der Waals surface area (Å²) >= 11 is 1.34. The van der Waals surface area contributed by atoms with E-state index in [1.807, 2.05) is 0 Å². The number of benzene rings is 2. The van der Waals surface area contributed by atoms with Crippen molar-refractivity contribution in [3.63, 3.8) is 0 Å². The minimum atomic E-state index is -0.302. The first-order valence-corrected chi connectivity index (χ1v) is 11.3. The Labute approximate surface area is 189 Å². The van der Waals surface area contributed by atoms with Crippen LogP contribution in [0.1, 0.15) is 5.56 Å². The molecule has 1 saturated heterocycles. The Hall–Kier alpha value is -3.20. The molecular formula is C23H23F2N5OS. The second-order valence-electron chi connectivity index (χ2n) is 7.33. The van der Waals surface area contributed by atoms with E-state index in [9.17, 15) is 13.6 Å². The zero-order valence-corrected chi connectivity index (χ0v) is 18.2. The molecule has 0 aliphatic carbocycles.